The van der Waals surface area contributed by atoms with Gasteiger partial charge >= 0.3 is 0 Å². The fourth-order valence-electron chi connectivity index (χ4n) is 2.41. The number of nitrogens with one attached hydrogen (secondary N) is 2. The van der Waals surface area contributed by atoms with Crippen molar-refractivity contribution >= 4 is 29.9 Å². The van der Waals surface area contributed by atoms with Crippen molar-refractivity contribution in [3.63, 3.8) is 0 Å². The number of benzene rings is 1. The minimum absolute atomic E-state index is 0. The van der Waals surface area contributed by atoms with Crippen molar-refractivity contribution in [1.29, 1.82) is 0 Å². The van der Waals surface area contributed by atoms with E-state index < -0.39 is 0 Å². The van der Waals surface area contributed by atoms with E-state index in [1.165, 1.54) is 11.1 Å². The second-order valence-corrected chi connectivity index (χ2v) is 6.38. The Hall–Kier alpha value is -1.67. The second-order valence-electron chi connectivity index (χ2n) is 6.38. The molecule has 26 heavy (non-hydrogen) atoms. The van der Waals surface area contributed by atoms with Gasteiger partial charge in [0.15, 0.2) is 5.96 Å². The van der Waals surface area contributed by atoms with Gasteiger partial charge in [-0.15, -0.1) is 24.0 Å². The molecule has 0 atom stereocenters. The van der Waals surface area contributed by atoms with Crippen molar-refractivity contribution in [1.82, 2.24) is 20.5 Å². The highest BCUT2D eigenvalue weighted by molar-refractivity contribution is 14.0. The molecule has 142 valence electrons. The van der Waals surface area contributed by atoms with Crippen LogP contribution in [0.4, 0.5) is 0 Å². The van der Waals surface area contributed by atoms with Crippen LogP contribution in [-0.2, 0) is 19.6 Å². The zero-order valence-corrected chi connectivity index (χ0v) is 18.4. The Labute approximate surface area is 174 Å². The van der Waals surface area contributed by atoms with E-state index >= 15 is 0 Å². The van der Waals surface area contributed by atoms with Crippen LogP contribution >= 0.6 is 24.0 Å². The van der Waals surface area contributed by atoms with Gasteiger partial charge in [0.05, 0.1) is 12.2 Å². The summed E-state index contributed by atoms with van der Waals surface area (Å²) in [5.41, 5.74) is 3.62. The van der Waals surface area contributed by atoms with Gasteiger partial charge in [-0.05, 0) is 44.2 Å². The van der Waals surface area contributed by atoms with Crippen molar-refractivity contribution in [3.05, 3.63) is 65.5 Å². The quantitative estimate of drug-likeness (QED) is 0.373. The zero-order valence-electron chi connectivity index (χ0n) is 16.1. The molecule has 0 radical (unpaired) electrons. The summed E-state index contributed by atoms with van der Waals surface area (Å²) < 4.78 is 0. The Balaban J connectivity index is 0.00000338. The van der Waals surface area contributed by atoms with Gasteiger partial charge in [-0.1, -0.05) is 30.3 Å². The summed E-state index contributed by atoms with van der Waals surface area (Å²) in [4.78, 5) is 10.9. The summed E-state index contributed by atoms with van der Waals surface area (Å²) >= 11 is 0. The highest BCUT2D eigenvalue weighted by Gasteiger charge is 2.08. The van der Waals surface area contributed by atoms with E-state index in [1.54, 1.807) is 13.2 Å². The maximum atomic E-state index is 4.32. The molecule has 2 rings (SSSR count). The lowest BCUT2D eigenvalue weighted by Gasteiger charge is -2.23. The SMILES string of the molecule is CN=C(NCc1ccccn1)NCc1ccccc1CN(C)C(C)C.I. The number of halogens is 1. The zero-order chi connectivity index (χ0) is 18.1. The number of rotatable bonds is 7. The number of guanidine groups is 1. The van der Waals surface area contributed by atoms with Crippen LogP contribution in [0.15, 0.2) is 53.7 Å². The first-order valence-electron chi connectivity index (χ1n) is 8.71. The van der Waals surface area contributed by atoms with Crippen LogP contribution in [-0.4, -0.2) is 36.0 Å². The molecular formula is C20H30IN5. The fourth-order valence-corrected chi connectivity index (χ4v) is 2.41. The summed E-state index contributed by atoms with van der Waals surface area (Å²) in [5.74, 6) is 0.776. The van der Waals surface area contributed by atoms with E-state index in [0.717, 1.165) is 24.7 Å². The average Bonchev–Trinajstić information content (AvgIpc) is 2.63. The topological polar surface area (TPSA) is 52.6 Å². The highest BCUT2D eigenvalue weighted by Crippen LogP contribution is 2.12. The smallest absolute Gasteiger partial charge is 0.191 e. The van der Waals surface area contributed by atoms with Crippen LogP contribution < -0.4 is 10.6 Å². The molecule has 0 bridgehead atoms. The van der Waals surface area contributed by atoms with Gasteiger partial charge in [0, 0.05) is 32.4 Å². The van der Waals surface area contributed by atoms with Gasteiger partial charge < -0.3 is 10.6 Å². The van der Waals surface area contributed by atoms with Crippen molar-refractivity contribution < 1.29 is 0 Å². The summed E-state index contributed by atoms with van der Waals surface area (Å²) in [7, 11) is 3.94. The first-order valence-corrected chi connectivity index (χ1v) is 8.71. The first kappa shape index (κ1) is 22.4. The third-order valence-electron chi connectivity index (χ3n) is 4.25. The van der Waals surface area contributed by atoms with Crippen molar-refractivity contribution in [2.75, 3.05) is 14.1 Å². The Bertz CT molecular complexity index is 673. The molecule has 0 aliphatic rings. The molecule has 0 amide bonds. The van der Waals surface area contributed by atoms with Gasteiger partial charge in [-0.3, -0.25) is 14.9 Å². The molecule has 2 aromatic rings. The normalized spacial score (nSPS) is 11.4. The molecule has 2 N–H and O–H groups in total. The maximum absolute atomic E-state index is 4.32. The Morgan fingerprint density at radius 1 is 1.04 bits per heavy atom. The standard InChI is InChI=1S/C20H29N5.HI/c1-16(2)25(4)15-18-10-6-5-9-17(18)13-23-20(21-3)24-14-19-11-7-8-12-22-19;/h5-12,16H,13-15H2,1-4H3,(H2,21,23,24);1H. The van der Waals surface area contributed by atoms with Crippen LogP contribution in [0.3, 0.4) is 0 Å². The predicted molar refractivity (Wildman–Crippen MR) is 120 cm³/mol. The molecule has 0 saturated carbocycles. The summed E-state index contributed by atoms with van der Waals surface area (Å²) in [6.07, 6.45) is 1.80. The second kappa shape index (κ2) is 11.9. The summed E-state index contributed by atoms with van der Waals surface area (Å²) in [6.45, 7) is 6.76. The van der Waals surface area contributed by atoms with E-state index in [1.807, 2.05) is 18.2 Å². The van der Waals surface area contributed by atoms with Crippen molar-refractivity contribution in [3.8, 4) is 0 Å². The summed E-state index contributed by atoms with van der Waals surface area (Å²) in [5, 5.41) is 6.69. The minimum atomic E-state index is 0. The Morgan fingerprint density at radius 3 is 2.31 bits per heavy atom. The largest absolute Gasteiger partial charge is 0.352 e. The molecular weight excluding hydrogens is 437 g/mol. The number of aromatic nitrogens is 1. The molecule has 6 heteroatoms. The van der Waals surface area contributed by atoms with E-state index in [0.29, 0.717) is 12.6 Å². The van der Waals surface area contributed by atoms with Crippen LogP contribution in [0.1, 0.15) is 30.7 Å². The van der Waals surface area contributed by atoms with Crippen LogP contribution in [0, 0.1) is 0 Å². The van der Waals surface area contributed by atoms with Gasteiger partial charge in [-0.25, -0.2) is 0 Å². The number of pyridine rings is 1. The Morgan fingerprint density at radius 2 is 1.69 bits per heavy atom. The van der Waals surface area contributed by atoms with Crippen molar-refractivity contribution in [2.24, 2.45) is 4.99 Å². The molecule has 0 spiro atoms. The van der Waals surface area contributed by atoms with E-state index in [4.69, 9.17) is 0 Å². The molecule has 0 aliphatic heterocycles. The molecule has 0 saturated heterocycles. The van der Waals surface area contributed by atoms with Gasteiger partial charge in [0.25, 0.3) is 0 Å². The lowest BCUT2D eigenvalue weighted by Crippen LogP contribution is -2.37. The first-order chi connectivity index (χ1) is 12.1. The van der Waals surface area contributed by atoms with Gasteiger partial charge in [0.1, 0.15) is 0 Å². The molecule has 5 nitrogen and oxygen atoms in total. The molecule has 0 unspecified atom stereocenters. The lowest BCUT2D eigenvalue weighted by molar-refractivity contribution is 0.265. The third-order valence-corrected chi connectivity index (χ3v) is 4.25. The molecule has 1 heterocycles. The number of hydrogen-bond donors (Lipinski definition) is 2. The van der Waals surface area contributed by atoms with Gasteiger partial charge in [-0.2, -0.15) is 0 Å². The van der Waals surface area contributed by atoms with Crippen LogP contribution in [0.25, 0.3) is 0 Å². The molecule has 1 aromatic heterocycles. The molecule has 1 aromatic carbocycles. The predicted octanol–water partition coefficient (Wildman–Crippen LogP) is 3.41. The monoisotopic (exact) mass is 467 g/mol. The van der Waals surface area contributed by atoms with E-state index in [-0.39, 0.29) is 24.0 Å². The Kier molecular flexibility index (Phi) is 10.2. The van der Waals surface area contributed by atoms with Crippen molar-refractivity contribution in [2.45, 2.75) is 39.5 Å². The van der Waals surface area contributed by atoms with E-state index in [9.17, 15) is 0 Å². The number of hydrogen-bond acceptors (Lipinski definition) is 3. The van der Waals surface area contributed by atoms with E-state index in [2.05, 4.69) is 70.7 Å². The highest BCUT2D eigenvalue weighted by atomic mass is 127. The lowest BCUT2D eigenvalue weighted by atomic mass is 10.1. The molecule has 0 aliphatic carbocycles. The summed E-state index contributed by atoms with van der Waals surface area (Å²) in [6, 6.07) is 15.0. The number of aliphatic imine (C=N–C) groups is 1. The number of nitrogens with zero attached hydrogens (tertiary/aromatic N) is 3. The van der Waals surface area contributed by atoms with Crippen LogP contribution in [0.5, 0.6) is 0 Å². The van der Waals surface area contributed by atoms with Crippen LogP contribution in [0.2, 0.25) is 0 Å². The third kappa shape index (κ3) is 7.29. The average molecular weight is 467 g/mol. The fraction of sp³-hybridized carbons (Fsp3) is 0.400. The molecule has 0 fully saturated rings. The van der Waals surface area contributed by atoms with Gasteiger partial charge in [0.2, 0.25) is 0 Å². The maximum Gasteiger partial charge on any atom is 0.191 e. The minimum Gasteiger partial charge on any atom is -0.352 e.